The monoisotopic (exact) mass is 277 g/mol. The van der Waals surface area contributed by atoms with Gasteiger partial charge in [-0.3, -0.25) is 0 Å². The van der Waals surface area contributed by atoms with Gasteiger partial charge < -0.3 is 10.3 Å². The molecule has 5 nitrogen and oxygen atoms in total. The quantitative estimate of drug-likeness (QED) is 0.794. The number of nitrogens with two attached hydrogens (primary N) is 1. The van der Waals surface area contributed by atoms with Crippen LogP contribution < -0.4 is 10.5 Å². The molecule has 0 spiro atoms. The van der Waals surface area contributed by atoms with E-state index in [9.17, 15) is 8.42 Å². The predicted molar refractivity (Wildman–Crippen MR) is 71.5 cm³/mol. The van der Waals surface area contributed by atoms with Gasteiger partial charge in [0.1, 0.15) is 0 Å². The molecule has 0 radical (unpaired) electrons. The van der Waals surface area contributed by atoms with Crippen molar-refractivity contribution in [1.82, 2.24) is 9.29 Å². The summed E-state index contributed by atoms with van der Waals surface area (Å²) in [5.74, 6) is 0. The van der Waals surface area contributed by atoms with Gasteiger partial charge in [0.15, 0.2) is 0 Å². The van der Waals surface area contributed by atoms with E-state index in [0.717, 1.165) is 5.69 Å². The van der Waals surface area contributed by atoms with Crippen molar-refractivity contribution in [3.05, 3.63) is 18.0 Å². The molecule has 98 valence electrons. The summed E-state index contributed by atoms with van der Waals surface area (Å²) in [6, 6.07) is 1.60. The van der Waals surface area contributed by atoms with E-state index in [-0.39, 0.29) is 10.1 Å². The Morgan fingerprint density at radius 2 is 2.24 bits per heavy atom. The number of sulfonamides is 1. The molecular formula is C10H19N3O2S2. The van der Waals surface area contributed by atoms with Crippen molar-refractivity contribution >= 4 is 21.8 Å². The number of hydrogen-bond donors (Lipinski definition) is 2. The van der Waals surface area contributed by atoms with Crippen LogP contribution in [-0.2, 0) is 23.6 Å². The lowest BCUT2D eigenvalue weighted by molar-refractivity contribution is 0.581. The number of nitrogens with zero attached hydrogens (tertiary/aromatic N) is 1. The molecule has 0 saturated carbocycles. The SMILES string of the molecule is CSC(C)CNS(=O)(=O)c1cc(CN)n(C)c1. The molecule has 0 fully saturated rings. The minimum Gasteiger partial charge on any atom is -0.352 e. The Kier molecular flexibility index (Phi) is 5.05. The summed E-state index contributed by atoms with van der Waals surface area (Å²) in [5, 5.41) is 0.252. The molecule has 1 aromatic rings. The second-order valence-electron chi connectivity index (χ2n) is 3.88. The highest BCUT2D eigenvalue weighted by Gasteiger charge is 2.17. The summed E-state index contributed by atoms with van der Waals surface area (Å²) >= 11 is 1.62. The number of aryl methyl sites for hydroxylation is 1. The second-order valence-corrected chi connectivity index (χ2v) is 6.92. The summed E-state index contributed by atoms with van der Waals surface area (Å²) in [5.41, 5.74) is 6.31. The van der Waals surface area contributed by atoms with Crippen molar-refractivity contribution in [3.63, 3.8) is 0 Å². The van der Waals surface area contributed by atoms with Crippen LogP contribution in [0.3, 0.4) is 0 Å². The fraction of sp³-hybridized carbons (Fsp3) is 0.600. The molecule has 0 saturated heterocycles. The van der Waals surface area contributed by atoms with Gasteiger partial charge in [0, 0.05) is 37.3 Å². The number of thioether (sulfide) groups is 1. The van der Waals surface area contributed by atoms with E-state index >= 15 is 0 Å². The normalized spacial score (nSPS) is 13.9. The Labute approximate surface area is 107 Å². The van der Waals surface area contributed by atoms with Crippen LogP contribution >= 0.6 is 11.8 Å². The van der Waals surface area contributed by atoms with Crippen LogP contribution in [0.2, 0.25) is 0 Å². The zero-order valence-electron chi connectivity index (χ0n) is 10.3. The molecule has 3 N–H and O–H groups in total. The third kappa shape index (κ3) is 3.74. The van der Waals surface area contributed by atoms with Crippen molar-refractivity contribution < 1.29 is 8.42 Å². The highest BCUT2D eigenvalue weighted by Crippen LogP contribution is 2.13. The maximum absolute atomic E-state index is 12.0. The maximum atomic E-state index is 12.0. The van der Waals surface area contributed by atoms with E-state index in [1.165, 1.54) is 0 Å². The topological polar surface area (TPSA) is 77.1 Å². The maximum Gasteiger partial charge on any atom is 0.242 e. The predicted octanol–water partition coefficient (Wildman–Crippen LogP) is 0.514. The van der Waals surface area contributed by atoms with Gasteiger partial charge in [-0.2, -0.15) is 11.8 Å². The van der Waals surface area contributed by atoms with E-state index < -0.39 is 10.0 Å². The molecule has 0 aliphatic rings. The van der Waals surface area contributed by atoms with Gasteiger partial charge in [-0.25, -0.2) is 13.1 Å². The lowest BCUT2D eigenvalue weighted by Gasteiger charge is -2.09. The van der Waals surface area contributed by atoms with Gasteiger partial charge in [0.2, 0.25) is 10.0 Å². The number of aromatic nitrogens is 1. The second kappa shape index (κ2) is 5.90. The van der Waals surface area contributed by atoms with Crippen molar-refractivity contribution in [2.45, 2.75) is 23.6 Å². The lowest BCUT2D eigenvalue weighted by Crippen LogP contribution is -2.29. The molecule has 0 aliphatic carbocycles. The van der Waals surface area contributed by atoms with E-state index in [1.807, 2.05) is 13.2 Å². The van der Waals surface area contributed by atoms with Crippen LogP contribution in [0.15, 0.2) is 17.2 Å². The Hall–Kier alpha value is -0.500. The highest BCUT2D eigenvalue weighted by atomic mass is 32.2. The summed E-state index contributed by atoms with van der Waals surface area (Å²) in [6.07, 6.45) is 3.53. The Bertz CT molecular complexity index is 468. The van der Waals surface area contributed by atoms with Gasteiger partial charge in [-0.1, -0.05) is 6.92 Å². The van der Waals surface area contributed by atoms with Gasteiger partial charge in [-0.05, 0) is 12.3 Å². The zero-order valence-corrected chi connectivity index (χ0v) is 11.9. The molecule has 1 heterocycles. The van der Waals surface area contributed by atoms with Gasteiger partial charge in [0.05, 0.1) is 4.90 Å². The highest BCUT2D eigenvalue weighted by molar-refractivity contribution is 7.99. The molecule has 0 bridgehead atoms. The van der Waals surface area contributed by atoms with Crippen LogP contribution in [0.4, 0.5) is 0 Å². The Morgan fingerprint density at radius 1 is 1.59 bits per heavy atom. The number of nitrogens with one attached hydrogen (secondary N) is 1. The average molecular weight is 277 g/mol. The number of hydrogen-bond acceptors (Lipinski definition) is 4. The molecule has 1 rings (SSSR count). The van der Waals surface area contributed by atoms with E-state index in [0.29, 0.717) is 13.1 Å². The molecule has 7 heteroatoms. The minimum absolute atomic E-state index is 0.252. The third-order valence-electron chi connectivity index (χ3n) is 2.57. The van der Waals surface area contributed by atoms with Crippen LogP contribution in [0.5, 0.6) is 0 Å². The first-order valence-electron chi connectivity index (χ1n) is 5.28. The summed E-state index contributed by atoms with van der Waals surface area (Å²) < 4.78 is 28.2. The Balaban J connectivity index is 2.82. The molecule has 0 aliphatic heterocycles. The smallest absolute Gasteiger partial charge is 0.242 e. The third-order valence-corrected chi connectivity index (χ3v) is 4.93. The molecule has 1 unspecified atom stereocenters. The largest absolute Gasteiger partial charge is 0.352 e. The van der Waals surface area contributed by atoms with Crippen molar-refractivity contribution in [2.75, 3.05) is 12.8 Å². The fourth-order valence-electron chi connectivity index (χ4n) is 1.32. The van der Waals surface area contributed by atoms with Crippen LogP contribution in [0, 0.1) is 0 Å². The lowest BCUT2D eigenvalue weighted by atomic mass is 10.4. The minimum atomic E-state index is -3.42. The molecule has 1 atom stereocenters. The first kappa shape index (κ1) is 14.6. The summed E-state index contributed by atoms with van der Waals surface area (Å²) in [7, 11) is -1.63. The Morgan fingerprint density at radius 3 is 2.71 bits per heavy atom. The van der Waals surface area contributed by atoms with E-state index in [4.69, 9.17) is 5.73 Å². The molecule has 0 amide bonds. The van der Waals surface area contributed by atoms with Crippen LogP contribution in [0.1, 0.15) is 12.6 Å². The van der Waals surface area contributed by atoms with Gasteiger partial charge >= 0.3 is 0 Å². The van der Waals surface area contributed by atoms with Gasteiger partial charge in [0.25, 0.3) is 0 Å². The summed E-state index contributed by atoms with van der Waals surface area (Å²) in [6.45, 7) is 2.73. The van der Waals surface area contributed by atoms with Gasteiger partial charge in [-0.15, -0.1) is 0 Å². The van der Waals surface area contributed by atoms with Crippen molar-refractivity contribution in [1.29, 1.82) is 0 Å². The van der Waals surface area contributed by atoms with Crippen molar-refractivity contribution in [2.24, 2.45) is 12.8 Å². The number of rotatable bonds is 6. The van der Waals surface area contributed by atoms with Crippen LogP contribution in [-0.4, -0.2) is 31.0 Å². The standard InChI is InChI=1S/C10H19N3O2S2/c1-8(16-3)6-12-17(14,15)10-4-9(5-11)13(2)7-10/h4,7-8,12H,5-6,11H2,1-3H3. The zero-order chi connectivity index (χ0) is 13.1. The molecule has 1 aromatic heterocycles. The first-order chi connectivity index (χ1) is 7.90. The average Bonchev–Trinajstić information content (AvgIpc) is 2.68. The first-order valence-corrected chi connectivity index (χ1v) is 8.05. The van der Waals surface area contributed by atoms with Crippen molar-refractivity contribution in [3.8, 4) is 0 Å². The summed E-state index contributed by atoms with van der Waals surface area (Å²) in [4.78, 5) is 0.272. The van der Waals surface area contributed by atoms with E-state index in [1.54, 1.807) is 35.6 Å². The van der Waals surface area contributed by atoms with E-state index in [2.05, 4.69) is 4.72 Å². The molecule has 0 aromatic carbocycles. The van der Waals surface area contributed by atoms with Crippen LogP contribution in [0.25, 0.3) is 0 Å². The fourth-order valence-corrected chi connectivity index (χ4v) is 2.90. The molecular weight excluding hydrogens is 258 g/mol. The molecule has 17 heavy (non-hydrogen) atoms.